The molecule has 0 aliphatic carbocycles. The molecule has 3 N–H and O–H groups in total. The van der Waals surface area contributed by atoms with Crippen LogP contribution >= 0.6 is 0 Å². The van der Waals surface area contributed by atoms with Crippen LogP contribution < -0.4 is 16.1 Å². The van der Waals surface area contributed by atoms with Gasteiger partial charge in [0.05, 0.1) is 12.8 Å². The van der Waals surface area contributed by atoms with Crippen LogP contribution in [0.1, 0.15) is 21.5 Å². The lowest BCUT2D eigenvalue weighted by atomic mass is 10.1. The van der Waals surface area contributed by atoms with Gasteiger partial charge in [-0.3, -0.25) is 9.59 Å². The summed E-state index contributed by atoms with van der Waals surface area (Å²) in [4.78, 5) is 24.2. The van der Waals surface area contributed by atoms with Gasteiger partial charge in [0.15, 0.2) is 0 Å². The minimum absolute atomic E-state index is 0.119. The fraction of sp³-hybridized carbons (Fsp3) is 0.0870. The molecule has 6 heteroatoms. The molecule has 0 aromatic heterocycles. The van der Waals surface area contributed by atoms with Gasteiger partial charge in [0.1, 0.15) is 0 Å². The summed E-state index contributed by atoms with van der Waals surface area (Å²) < 4.78 is 0. The second-order valence-corrected chi connectivity index (χ2v) is 6.46. The molecule has 0 heterocycles. The van der Waals surface area contributed by atoms with E-state index in [1.165, 1.54) is 6.21 Å². The van der Waals surface area contributed by atoms with E-state index < -0.39 is 0 Å². The quantitative estimate of drug-likeness (QED) is 0.427. The number of amides is 2. The summed E-state index contributed by atoms with van der Waals surface area (Å²) in [6.45, 7) is 2.09. The summed E-state index contributed by atoms with van der Waals surface area (Å²) in [5, 5.41) is 9.83. The van der Waals surface area contributed by atoms with Gasteiger partial charge in [-0.05, 0) is 48.9 Å². The Bertz CT molecular complexity index is 999. The average Bonchev–Trinajstić information content (AvgIpc) is 2.74. The van der Waals surface area contributed by atoms with Crippen molar-refractivity contribution >= 4 is 29.4 Å². The molecule has 0 atom stereocenters. The van der Waals surface area contributed by atoms with Crippen molar-refractivity contribution < 1.29 is 9.59 Å². The van der Waals surface area contributed by atoms with E-state index in [2.05, 4.69) is 21.2 Å². The van der Waals surface area contributed by atoms with Crippen LogP contribution in [0.15, 0.2) is 84.0 Å². The van der Waals surface area contributed by atoms with Crippen LogP contribution in [-0.2, 0) is 4.79 Å². The molecule has 0 saturated heterocycles. The monoisotopic (exact) mass is 386 g/mol. The first-order chi connectivity index (χ1) is 14.1. The van der Waals surface area contributed by atoms with Gasteiger partial charge in [-0.15, -0.1) is 0 Å². The van der Waals surface area contributed by atoms with Gasteiger partial charge in [-0.1, -0.05) is 48.0 Å². The van der Waals surface area contributed by atoms with E-state index in [-0.39, 0.29) is 18.4 Å². The van der Waals surface area contributed by atoms with Crippen molar-refractivity contribution in [3.05, 3.63) is 95.6 Å². The minimum Gasteiger partial charge on any atom is -0.376 e. The van der Waals surface area contributed by atoms with Crippen molar-refractivity contribution in [2.24, 2.45) is 5.10 Å². The highest BCUT2D eigenvalue weighted by molar-refractivity contribution is 6.04. The zero-order valence-electron chi connectivity index (χ0n) is 16.1. The summed E-state index contributed by atoms with van der Waals surface area (Å²) in [7, 11) is 0. The molecule has 0 unspecified atom stereocenters. The van der Waals surface area contributed by atoms with Gasteiger partial charge >= 0.3 is 0 Å². The van der Waals surface area contributed by atoms with Crippen molar-refractivity contribution in [2.45, 2.75) is 6.92 Å². The van der Waals surface area contributed by atoms with Crippen molar-refractivity contribution in [2.75, 3.05) is 17.2 Å². The Morgan fingerprint density at radius 1 is 0.897 bits per heavy atom. The molecule has 146 valence electrons. The molecule has 6 nitrogen and oxygen atoms in total. The Balaban J connectivity index is 1.51. The lowest BCUT2D eigenvalue weighted by molar-refractivity contribution is -0.119. The van der Waals surface area contributed by atoms with E-state index in [0.29, 0.717) is 11.3 Å². The van der Waals surface area contributed by atoms with E-state index in [1.54, 1.807) is 24.3 Å². The molecule has 3 aromatic carbocycles. The predicted octanol–water partition coefficient (Wildman–Crippen LogP) is 3.81. The van der Waals surface area contributed by atoms with Gasteiger partial charge in [0, 0.05) is 16.9 Å². The van der Waals surface area contributed by atoms with E-state index >= 15 is 0 Å². The maximum Gasteiger partial charge on any atom is 0.259 e. The fourth-order valence-electron chi connectivity index (χ4n) is 2.56. The number of carbonyl (C=O) groups excluding carboxylic acids is 2. The molecule has 0 aliphatic heterocycles. The Hall–Kier alpha value is -3.93. The zero-order valence-corrected chi connectivity index (χ0v) is 16.1. The molecule has 0 saturated carbocycles. The molecule has 3 rings (SSSR count). The Morgan fingerprint density at radius 2 is 1.62 bits per heavy atom. The highest BCUT2D eigenvalue weighted by Crippen LogP contribution is 2.12. The van der Waals surface area contributed by atoms with Gasteiger partial charge in [-0.25, -0.2) is 5.43 Å². The van der Waals surface area contributed by atoms with Gasteiger partial charge in [-0.2, -0.15) is 5.10 Å². The summed E-state index contributed by atoms with van der Waals surface area (Å²) >= 11 is 0. The number of nitrogens with one attached hydrogen (secondary N) is 3. The second kappa shape index (κ2) is 9.85. The van der Waals surface area contributed by atoms with Gasteiger partial charge in [0.2, 0.25) is 0 Å². The van der Waals surface area contributed by atoms with E-state index in [4.69, 9.17) is 0 Å². The third kappa shape index (κ3) is 6.32. The normalized spacial score (nSPS) is 10.5. The number of aryl methyl sites for hydroxylation is 1. The molecule has 2 amide bonds. The molecular formula is C23H22N4O2. The number of anilines is 2. The number of para-hydroxylation sites is 1. The zero-order chi connectivity index (χ0) is 20.5. The highest BCUT2D eigenvalue weighted by Gasteiger charge is 2.06. The largest absolute Gasteiger partial charge is 0.376 e. The first-order valence-electron chi connectivity index (χ1n) is 9.19. The minimum atomic E-state index is -0.256. The van der Waals surface area contributed by atoms with Crippen LogP contribution in [0.5, 0.6) is 0 Å². The van der Waals surface area contributed by atoms with Crippen LogP contribution in [-0.4, -0.2) is 24.6 Å². The van der Waals surface area contributed by atoms with Crippen LogP contribution in [0.25, 0.3) is 0 Å². The second-order valence-electron chi connectivity index (χ2n) is 6.46. The Kier molecular flexibility index (Phi) is 6.73. The van der Waals surface area contributed by atoms with Gasteiger partial charge < -0.3 is 10.6 Å². The van der Waals surface area contributed by atoms with Crippen molar-refractivity contribution in [3.8, 4) is 0 Å². The van der Waals surface area contributed by atoms with Crippen LogP contribution in [0, 0.1) is 6.92 Å². The summed E-state index contributed by atoms with van der Waals surface area (Å²) in [5.74, 6) is -0.437. The number of hydrogen-bond acceptors (Lipinski definition) is 4. The molecule has 0 aliphatic rings. The van der Waals surface area contributed by atoms with Crippen LogP contribution in [0.4, 0.5) is 11.4 Å². The number of hydrazone groups is 1. The molecule has 0 radical (unpaired) electrons. The molecule has 0 bridgehead atoms. The maximum atomic E-state index is 12.3. The van der Waals surface area contributed by atoms with Crippen molar-refractivity contribution in [3.63, 3.8) is 0 Å². The van der Waals surface area contributed by atoms with E-state index in [0.717, 1.165) is 16.8 Å². The van der Waals surface area contributed by atoms with E-state index in [9.17, 15) is 9.59 Å². The Labute approximate surface area is 169 Å². The lowest BCUT2D eigenvalue weighted by Crippen LogP contribution is -2.25. The number of rotatable bonds is 7. The summed E-state index contributed by atoms with van der Waals surface area (Å²) in [6.07, 6.45) is 1.53. The SMILES string of the molecule is Cc1ccc(C(=O)Nc2cccc(/C=N/NC(=O)CNc3ccccc3)c2)cc1. The molecule has 3 aromatic rings. The summed E-state index contributed by atoms with van der Waals surface area (Å²) in [6, 6.07) is 24.0. The highest BCUT2D eigenvalue weighted by atomic mass is 16.2. The van der Waals surface area contributed by atoms with Crippen molar-refractivity contribution in [1.29, 1.82) is 0 Å². The maximum absolute atomic E-state index is 12.3. The first-order valence-corrected chi connectivity index (χ1v) is 9.19. The molecule has 0 spiro atoms. The fourth-order valence-corrected chi connectivity index (χ4v) is 2.56. The van der Waals surface area contributed by atoms with Gasteiger partial charge in [0.25, 0.3) is 11.8 Å². The standard InChI is InChI=1S/C23H22N4O2/c1-17-10-12-19(13-11-17)23(29)26-21-9-5-6-18(14-21)15-25-27-22(28)16-24-20-7-3-2-4-8-20/h2-15,24H,16H2,1H3,(H,26,29)(H,27,28)/b25-15+. The topological polar surface area (TPSA) is 82.6 Å². The third-order valence-corrected chi connectivity index (χ3v) is 4.09. The van der Waals surface area contributed by atoms with Crippen LogP contribution in [0.2, 0.25) is 0 Å². The van der Waals surface area contributed by atoms with E-state index in [1.807, 2.05) is 61.5 Å². The number of hydrogen-bond donors (Lipinski definition) is 3. The first kappa shape index (κ1) is 19.8. The third-order valence-electron chi connectivity index (χ3n) is 4.09. The lowest BCUT2D eigenvalue weighted by Gasteiger charge is -2.06. The number of carbonyl (C=O) groups is 2. The van der Waals surface area contributed by atoms with Crippen LogP contribution in [0.3, 0.4) is 0 Å². The molecular weight excluding hydrogens is 364 g/mol. The predicted molar refractivity (Wildman–Crippen MR) is 116 cm³/mol. The number of benzene rings is 3. The molecule has 0 fully saturated rings. The average molecular weight is 386 g/mol. The molecule has 29 heavy (non-hydrogen) atoms. The number of nitrogens with zero attached hydrogens (tertiary/aromatic N) is 1. The summed E-state index contributed by atoms with van der Waals surface area (Å²) in [5.41, 5.74) is 6.43. The van der Waals surface area contributed by atoms with Crippen molar-refractivity contribution in [1.82, 2.24) is 5.43 Å². The smallest absolute Gasteiger partial charge is 0.259 e. The Morgan fingerprint density at radius 3 is 2.38 bits per heavy atom.